The van der Waals surface area contributed by atoms with Gasteiger partial charge in [0, 0.05) is 23.7 Å². The Morgan fingerprint density at radius 3 is 2.56 bits per heavy atom. The topological polar surface area (TPSA) is 51.1 Å². The molecule has 2 aromatic carbocycles. The molecule has 0 saturated heterocycles. The highest BCUT2D eigenvalue weighted by Crippen LogP contribution is 2.31. The van der Waals surface area contributed by atoms with Crippen molar-refractivity contribution in [3.05, 3.63) is 72.2 Å². The Kier molecular flexibility index (Phi) is 3.94. The van der Waals surface area contributed by atoms with Crippen LogP contribution >= 0.6 is 0 Å². The fourth-order valence-corrected chi connectivity index (χ4v) is 4.65. The van der Waals surface area contributed by atoms with Crippen LogP contribution in [-0.2, 0) is 10.0 Å². The van der Waals surface area contributed by atoms with E-state index < -0.39 is 15.8 Å². The summed E-state index contributed by atoms with van der Waals surface area (Å²) in [6, 6.07) is 12.8. The van der Waals surface area contributed by atoms with Crippen LogP contribution in [-0.4, -0.2) is 25.5 Å². The van der Waals surface area contributed by atoms with Crippen molar-refractivity contribution >= 4 is 26.5 Å². The lowest BCUT2D eigenvalue weighted by Gasteiger charge is -2.13. The van der Waals surface area contributed by atoms with Crippen LogP contribution in [0.4, 0.5) is 4.39 Å². The first-order valence-corrected chi connectivity index (χ1v) is 9.53. The Hall–Kier alpha value is -2.44. The zero-order valence-corrected chi connectivity index (χ0v) is 14.3. The molecular weight excluding hydrogens is 339 g/mol. The molecule has 0 fully saturated rings. The molecule has 25 heavy (non-hydrogen) atoms. The van der Waals surface area contributed by atoms with Crippen LogP contribution in [0.1, 0.15) is 12.0 Å². The van der Waals surface area contributed by atoms with Gasteiger partial charge >= 0.3 is 0 Å². The van der Waals surface area contributed by atoms with E-state index in [1.807, 2.05) is 12.1 Å². The maximum Gasteiger partial charge on any atom is 0.271 e. The Labute approximate surface area is 145 Å². The van der Waals surface area contributed by atoms with E-state index in [-0.39, 0.29) is 4.90 Å². The molecule has 0 saturated carbocycles. The molecule has 0 spiro atoms. The van der Waals surface area contributed by atoms with Crippen LogP contribution in [0.25, 0.3) is 16.5 Å². The summed E-state index contributed by atoms with van der Waals surface area (Å²) in [5, 5.41) is 4.14. The van der Waals surface area contributed by atoms with E-state index in [4.69, 9.17) is 0 Å². The summed E-state index contributed by atoms with van der Waals surface area (Å²) < 4.78 is 41.4. The number of benzene rings is 2. The lowest BCUT2D eigenvalue weighted by Crippen LogP contribution is -2.21. The zero-order chi connectivity index (χ0) is 17.4. The second kappa shape index (κ2) is 6.13. The van der Waals surface area contributed by atoms with Gasteiger partial charge in [-0.1, -0.05) is 36.4 Å². The molecule has 3 aromatic rings. The molecule has 128 valence electrons. The number of hydrogen-bond donors (Lipinski definition) is 1. The van der Waals surface area contributed by atoms with E-state index in [0.29, 0.717) is 12.1 Å². The van der Waals surface area contributed by atoms with Crippen molar-refractivity contribution in [1.29, 1.82) is 0 Å². The largest absolute Gasteiger partial charge is 0.312 e. The Morgan fingerprint density at radius 1 is 1.04 bits per heavy atom. The van der Waals surface area contributed by atoms with Crippen LogP contribution in [0, 0.1) is 5.82 Å². The van der Waals surface area contributed by atoms with E-state index in [1.54, 1.807) is 18.3 Å². The summed E-state index contributed by atoms with van der Waals surface area (Å²) in [4.78, 5) is -0.321. The number of aromatic nitrogens is 1. The van der Waals surface area contributed by atoms with Crippen molar-refractivity contribution in [3.8, 4) is 0 Å². The van der Waals surface area contributed by atoms with Crippen LogP contribution in [0.5, 0.6) is 0 Å². The van der Waals surface area contributed by atoms with Gasteiger partial charge < -0.3 is 5.32 Å². The van der Waals surface area contributed by atoms with E-state index in [9.17, 15) is 12.8 Å². The van der Waals surface area contributed by atoms with E-state index in [2.05, 4.69) is 11.4 Å². The number of nitrogens with one attached hydrogen (secondary N) is 1. The standard InChI is InChI=1S/C19H17FN2O2S/c20-17-8-2-4-10-19(17)25(23,24)22-13-16(14-6-5-11-21-12-14)15-7-1-3-9-18(15)22/h1-4,6-10,13,21H,5,11-12H2. The molecule has 0 bridgehead atoms. The monoisotopic (exact) mass is 356 g/mol. The summed E-state index contributed by atoms with van der Waals surface area (Å²) in [7, 11) is -4.02. The lowest BCUT2D eigenvalue weighted by molar-refractivity contribution is 0.562. The van der Waals surface area contributed by atoms with Gasteiger partial charge in [-0.05, 0) is 36.7 Å². The molecule has 0 radical (unpaired) electrons. The minimum atomic E-state index is -4.02. The first-order chi connectivity index (χ1) is 12.1. The number of hydrogen-bond acceptors (Lipinski definition) is 3. The fraction of sp³-hybridized carbons (Fsp3) is 0.158. The first kappa shape index (κ1) is 16.1. The molecule has 4 nitrogen and oxygen atoms in total. The molecule has 0 aliphatic carbocycles. The summed E-state index contributed by atoms with van der Waals surface area (Å²) in [5.74, 6) is -0.750. The highest BCUT2D eigenvalue weighted by molar-refractivity contribution is 7.90. The van der Waals surface area contributed by atoms with Gasteiger partial charge in [-0.2, -0.15) is 0 Å². The third kappa shape index (κ3) is 2.67. The predicted molar refractivity (Wildman–Crippen MR) is 96.4 cm³/mol. The average Bonchev–Trinajstić information content (AvgIpc) is 3.03. The van der Waals surface area contributed by atoms with Crippen LogP contribution in [0.15, 0.2) is 65.7 Å². The number of fused-ring (bicyclic) bond motifs is 1. The minimum absolute atomic E-state index is 0.321. The number of para-hydroxylation sites is 1. The SMILES string of the molecule is O=S(=O)(c1ccccc1F)n1cc(C2=CCCNC2)c2ccccc21. The van der Waals surface area contributed by atoms with Gasteiger partial charge in [-0.25, -0.2) is 16.8 Å². The van der Waals surface area contributed by atoms with Gasteiger partial charge in [0.25, 0.3) is 10.0 Å². The smallest absolute Gasteiger partial charge is 0.271 e. The summed E-state index contributed by atoms with van der Waals surface area (Å²) >= 11 is 0. The molecule has 0 unspecified atom stereocenters. The Balaban J connectivity index is 1.97. The second-order valence-corrected chi connectivity index (χ2v) is 7.77. The molecule has 4 rings (SSSR count). The molecule has 1 N–H and O–H groups in total. The zero-order valence-electron chi connectivity index (χ0n) is 13.4. The van der Waals surface area contributed by atoms with Crippen LogP contribution in [0.2, 0.25) is 0 Å². The number of nitrogens with zero attached hydrogens (tertiary/aromatic N) is 1. The van der Waals surface area contributed by atoms with E-state index >= 15 is 0 Å². The van der Waals surface area contributed by atoms with Crippen LogP contribution < -0.4 is 5.32 Å². The molecule has 2 heterocycles. The highest BCUT2D eigenvalue weighted by atomic mass is 32.2. The number of rotatable bonds is 3. The minimum Gasteiger partial charge on any atom is -0.312 e. The Bertz CT molecular complexity index is 1080. The van der Waals surface area contributed by atoms with Crippen molar-refractivity contribution in [2.24, 2.45) is 0 Å². The van der Waals surface area contributed by atoms with E-state index in [0.717, 1.165) is 35.6 Å². The molecular formula is C19H17FN2O2S. The summed E-state index contributed by atoms with van der Waals surface area (Å²) in [5.41, 5.74) is 2.47. The van der Waals surface area contributed by atoms with Gasteiger partial charge in [0.1, 0.15) is 10.7 Å². The normalized spacial score (nSPS) is 15.3. The van der Waals surface area contributed by atoms with Crippen molar-refractivity contribution in [3.63, 3.8) is 0 Å². The average molecular weight is 356 g/mol. The maximum absolute atomic E-state index is 14.1. The second-order valence-electron chi connectivity index (χ2n) is 5.99. The van der Waals surface area contributed by atoms with Gasteiger partial charge in [-0.3, -0.25) is 0 Å². The van der Waals surface area contributed by atoms with Crippen molar-refractivity contribution in [2.45, 2.75) is 11.3 Å². The first-order valence-electron chi connectivity index (χ1n) is 8.09. The third-order valence-electron chi connectivity index (χ3n) is 4.42. The van der Waals surface area contributed by atoms with Gasteiger partial charge in [0.05, 0.1) is 5.52 Å². The molecule has 0 amide bonds. The lowest BCUT2D eigenvalue weighted by atomic mass is 10.0. The summed E-state index contributed by atoms with van der Waals surface area (Å²) in [6.45, 7) is 1.60. The van der Waals surface area contributed by atoms with Gasteiger partial charge in [-0.15, -0.1) is 0 Å². The summed E-state index contributed by atoms with van der Waals surface area (Å²) in [6.07, 6.45) is 4.62. The van der Waals surface area contributed by atoms with Crippen molar-refractivity contribution in [1.82, 2.24) is 9.29 Å². The van der Waals surface area contributed by atoms with Crippen molar-refractivity contribution in [2.75, 3.05) is 13.1 Å². The highest BCUT2D eigenvalue weighted by Gasteiger charge is 2.25. The molecule has 0 atom stereocenters. The third-order valence-corrected chi connectivity index (χ3v) is 6.13. The molecule has 1 aliphatic rings. The fourth-order valence-electron chi connectivity index (χ4n) is 3.21. The number of halogens is 1. The molecule has 1 aromatic heterocycles. The molecule has 1 aliphatic heterocycles. The van der Waals surface area contributed by atoms with Crippen molar-refractivity contribution < 1.29 is 12.8 Å². The predicted octanol–water partition coefficient (Wildman–Crippen LogP) is 3.39. The van der Waals surface area contributed by atoms with Crippen LogP contribution in [0.3, 0.4) is 0 Å². The van der Waals surface area contributed by atoms with Gasteiger partial charge in [0.2, 0.25) is 0 Å². The molecule has 6 heteroatoms. The maximum atomic E-state index is 14.1. The Morgan fingerprint density at radius 2 is 1.80 bits per heavy atom. The quantitative estimate of drug-likeness (QED) is 0.783. The van der Waals surface area contributed by atoms with Gasteiger partial charge in [0.15, 0.2) is 0 Å². The van der Waals surface area contributed by atoms with E-state index in [1.165, 1.54) is 22.2 Å².